The third-order valence-electron chi connectivity index (χ3n) is 5.30. The normalized spacial score (nSPS) is 19.5. The Hall–Kier alpha value is -2.85. The molecule has 1 atom stereocenters. The number of nitrogens with zero attached hydrogens (tertiary/aromatic N) is 1. The highest BCUT2D eigenvalue weighted by molar-refractivity contribution is 7.89. The van der Waals surface area contributed by atoms with E-state index in [1.165, 1.54) is 16.6 Å². The van der Waals surface area contributed by atoms with Crippen LogP contribution in [0.4, 0.5) is 5.69 Å². The number of anilines is 1. The van der Waals surface area contributed by atoms with E-state index in [-0.39, 0.29) is 36.4 Å². The Labute approximate surface area is 174 Å². The Morgan fingerprint density at radius 1 is 1.37 bits per heavy atom. The van der Waals surface area contributed by atoms with Crippen molar-refractivity contribution in [3.05, 3.63) is 41.9 Å². The SMILES string of the molecule is Cc1cc2c(cc1S(=O)(=O)N1CCC[C@@H](C(=O)NCc3ccco3)C1)OCC(=O)N2. The number of hydrogen-bond acceptors (Lipinski definition) is 6. The van der Waals surface area contributed by atoms with Gasteiger partial charge < -0.3 is 19.8 Å². The molecule has 30 heavy (non-hydrogen) atoms. The van der Waals surface area contributed by atoms with Gasteiger partial charge in [0.25, 0.3) is 5.91 Å². The van der Waals surface area contributed by atoms with Crippen LogP contribution in [0.2, 0.25) is 0 Å². The summed E-state index contributed by atoms with van der Waals surface area (Å²) < 4.78 is 38.5. The second kappa shape index (κ2) is 8.11. The molecule has 160 valence electrons. The molecule has 1 fully saturated rings. The van der Waals surface area contributed by atoms with Gasteiger partial charge in [-0.1, -0.05) is 0 Å². The number of hydrogen-bond donors (Lipinski definition) is 2. The van der Waals surface area contributed by atoms with Crippen LogP contribution in [-0.2, 0) is 26.2 Å². The number of nitrogens with one attached hydrogen (secondary N) is 2. The average Bonchev–Trinajstić information content (AvgIpc) is 3.25. The molecule has 3 heterocycles. The van der Waals surface area contributed by atoms with Gasteiger partial charge in [-0.15, -0.1) is 0 Å². The molecular formula is C20H23N3O6S. The summed E-state index contributed by atoms with van der Waals surface area (Å²) in [6.07, 6.45) is 2.75. The smallest absolute Gasteiger partial charge is 0.262 e. The number of rotatable bonds is 5. The van der Waals surface area contributed by atoms with Crippen molar-refractivity contribution in [1.29, 1.82) is 0 Å². The minimum atomic E-state index is -3.82. The lowest BCUT2D eigenvalue weighted by Gasteiger charge is -2.32. The van der Waals surface area contributed by atoms with Crippen molar-refractivity contribution in [2.75, 3.05) is 25.0 Å². The lowest BCUT2D eigenvalue weighted by molar-refractivity contribution is -0.126. The Kier molecular flexibility index (Phi) is 5.52. The maximum atomic E-state index is 13.3. The van der Waals surface area contributed by atoms with Crippen molar-refractivity contribution in [2.24, 2.45) is 5.92 Å². The molecule has 2 aromatic rings. The molecule has 2 aliphatic rings. The molecule has 9 nitrogen and oxygen atoms in total. The van der Waals surface area contributed by atoms with Crippen LogP contribution >= 0.6 is 0 Å². The van der Waals surface area contributed by atoms with Crippen LogP contribution in [-0.4, -0.2) is 44.2 Å². The lowest BCUT2D eigenvalue weighted by atomic mass is 9.99. The van der Waals surface area contributed by atoms with E-state index >= 15 is 0 Å². The Morgan fingerprint density at radius 2 is 2.20 bits per heavy atom. The first-order valence-electron chi connectivity index (χ1n) is 9.72. The standard InChI is InChI=1S/C20H23N3O6S/c1-13-8-16-17(29-12-19(24)22-16)9-18(13)30(26,27)23-6-2-4-14(11-23)20(25)21-10-15-5-3-7-28-15/h3,5,7-9,14H,2,4,6,10-12H2,1H3,(H,21,25)(H,22,24)/t14-/m1/s1. The molecular weight excluding hydrogens is 410 g/mol. The Balaban J connectivity index is 1.50. The topological polar surface area (TPSA) is 118 Å². The van der Waals surface area contributed by atoms with Crippen molar-refractivity contribution in [3.63, 3.8) is 0 Å². The third kappa shape index (κ3) is 4.05. The summed E-state index contributed by atoms with van der Waals surface area (Å²) in [5.74, 6) is 0.0531. The molecule has 2 N–H and O–H groups in total. The molecule has 0 spiro atoms. The Bertz CT molecular complexity index is 1060. The molecule has 0 radical (unpaired) electrons. The second-order valence-corrected chi connectivity index (χ2v) is 9.36. The van der Waals surface area contributed by atoms with Crippen LogP contribution in [0.3, 0.4) is 0 Å². The van der Waals surface area contributed by atoms with Gasteiger partial charge in [-0.25, -0.2) is 8.42 Å². The van der Waals surface area contributed by atoms with Gasteiger partial charge in [0.2, 0.25) is 15.9 Å². The number of carbonyl (C=O) groups excluding carboxylic acids is 2. The van der Waals surface area contributed by atoms with Gasteiger partial charge in [0, 0.05) is 19.2 Å². The molecule has 0 aliphatic carbocycles. The highest BCUT2D eigenvalue weighted by atomic mass is 32.2. The van der Waals surface area contributed by atoms with E-state index in [0.29, 0.717) is 42.1 Å². The fraction of sp³-hybridized carbons (Fsp3) is 0.400. The number of sulfonamides is 1. The second-order valence-electron chi connectivity index (χ2n) is 7.45. The third-order valence-corrected chi connectivity index (χ3v) is 7.31. The largest absolute Gasteiger partial charge is 0.482 e. The molecule has 10 heteroatoms. The molecule has 0 saturated carbocycles. The van der Waals surface area contributed by atoms with Gasteiger partial charge in [-0.2, -0.15) is 4.31 Å². The molecule has 4 rings (SSSR count). The first-order valence-corrected chi connectivity index (χ1v) is 11.2. The predicted octanol–water partition coefficient (Wildman–Crippen LogP) is 1.64. The quantitative estimate of drug-likeness (QED) is 0.740. The van der Waals surface area contributed by atoms with Gasteiger partial charge in [0.1, 0.15) is 11.5 Å². The fourth-order valence-electron chi connectivity index (χ4n) is 3.74. The summed E-state index contributed by atoms with van der Waals surface area (Å²) in [4.78, 5) is 24.2. The maximum Gasteiger partial charge on any atom is 0.262 e. The van der Waals surface area contributed by atoms with Crippen LogP contribution in [0.15, 0.2) is 39.8 Å². The van der Waals surface area contributed by atoms with E-state index in [2.05, 4.69) is 10.6 Å². The monoisotopic (exact) mass is 433 g/mol. The van der Waals surface area contributed by atoms with Crippen molar-refractivity contribution < 1.29 is 27.2 Å². The van der Waals surface area contributed by atoms with Crippen LogP contribution in [0.1, 0.15) is 24.2 Å². The number of carbonyl (C=O) groups is 2. The number of amides is 2. The van der Waals surface area contributed by atoms with Gasteiger partial charge in [-0.3, -0.25) is 9.59 Å². The lowest BCUT2D eigenvalue weighted by Crippen LogP contribution is -2.45. The van der Waals surface area contributed by atoms with E-state index in [1.807, 2.05) is 0 Å². The number of furan rings is 1. The van der Waals surface area contributed by atoms with Crippen molar-refractivity contribution in [3.8, 4) is 5.75 Å². The molecule has 2 aliphatic heterocycles. The van der Waals surface area contributed by atoms with Crippen LogP contribution in [0, 0.1) is 12.8 Å². The average molecular weight is 433 g/mol. The molecule has 1 aromatic carbocycles. The highest BCUT2D eigenvalue weighted by Gasteiger charge is 2.35. The van der Waals surface area contributed by atoms with E-state index in [0.717, 1.165) is 0 Å². The van der Waals surface area contributed by atoms with Gasteiger partial charge in [0.05, 0.1) is 29.3 Å². The van der Waals surface area contributed by atoms with Crippen molar-refractivity contribution >= 4 is 27.5 Å². The fourth-order valence-corrected chi connectivity index (χ4v) is 5.49. The summed E-state index contributed by atoms with van der Waals surface area (Å²) in [5.41, 5.74) is 0.959. The molecule has 2 amide bonds. The first-order chi connectivity index (χ1) is 14.3. The summed E-state index contributed by atoms with van der Waals surface area (Å²) >= 11 is 0. The van der Waals surface area contributed by atoms with Crippen LogP contribution < -0.4 is 15.4 Å². The van der Waals surface area contributed by atoms with Gasteiger partial charge >= 0.3 is 0 Å². The van der Waals surface area contributed by atoms with Crippen molar-refractivity contribution in [2.45, 2.75) is 31.2 Å². The summed E-state index contributed by atoms with van der Waals surface area (Å²) in [6, 6.07) is 6.55. The molecule has 0 unspecified atom stereocenters. The number of fused-ring (bicyclic) bond motifs is 1. The van der Waals surface area contributed by atoms with Crippen LogP contribution in [0.25, 0.3) is 0 Å². The highest BCUT2D eigenvalue weighted by Crippen LogP contribution is 2.35. The number of ether oxygens (including phenoxy) is 1. The number of piperidine rings is 1. The number of aryl methyl sites for hydroxylation is 1. The Morgan fingerprint density at radius 3 is 2.97 bits per heavy atom. The van der Waals surface area contributed by atoms with Crippen molar-refractivity contribution in [1.82, 2.24) is 9.62 Å². The van der Waals surface area contributed by atoms with E-state index < -0.39 is 15.9 Å². The minimum absolute atomic E-state index is 0.112. The summed E-state index contributed by atoms with van der Waals surface area (Å²) in [6.45, 7) is 2.24. The zero-order valence-corrected chi connectivity index (χ0v) is 17.3. The molecule has 1 aromatic heterocycles. The summed E-state index contributed by atoms with van der Waals surface area (Å²) in [7, 11) is -3.82. The minimum Gasteiger partial charge on any atom is -0.482 e. The van der Waals surface area contributed by atoms with E-state index in [4.69, 9.17) is 9.15 Å². The summed E-state index contributed by atoms with van der Waals surface area (Å²) in [5, 5.41) is 5.48. The molecule has 0 bridgehead atoms. The van der Waals surface area contributed by atoms with Crippen LogP contribution in [0.5, 0.6) is 5.75 Å². The maximum absolute atomic E-state index is 13.3. The first kappa shape index (κ1) is 20.4. The van der Waals surface area contributed by atoms with Gasteiger partial charge in [0.15, 0.2) is 6.61 Å². The van der Waals surface area contributed by atoms with E-state index in [9.17, 15) is 18.0 Å². The molecule has 1 saturated heterocycles. The predicted molar refractivity (Wildman–Crippen MR) is 107 cm³/mol. The zero-order valence-electron chi connectivity index (χ0n) is 16.5. The number of benzene rings is 1. The zero-order chi connectivity index (χ0) is 21.3. The van der Waals surface area contributed by atoms with Gasteiger partial charge in [-0.05, 0) is 43.5 Å². The van der Waals surface area contributed by atoms with E-state index in [1.54, 1.807) is 25.1 Å².